The minimum absolute atomic E-state index is 0.216. The molecule has 1 aliphatic heterocycles. The van der Waals surface area contributed by atoms with Gasteiger partial charge in [0.05, 0.1) is 6.42 Å². The van der Waals surface area contributed by atoms with Gasteiger partial charge in [0.25, 0.3) is 0 Å². The van der Waals surface area contributed by atoms with Gasteiger partial charge in [-0.05, 0) is 62.5 Å². The summed E-state index contributed by atoms with van der Waals surface area (Å²) in [5.74, 6) is 1.72. The van der Waals surface area contributed by atoms with Crippen molar-refractivity contribution in [2.24, 2.45) is 5.92 Å². The van der Waals surface area contributed by atoms with Crippen LogP contribution in [0.2, 0.25) is 0 Å². The van der Waals surface area contributed by atoms with Crippen LogP contribution in [0, 0.1) is 12.8 Å². The standard InChI is InChI=1S/C23H30N2O2/c1-18-5-3-7-21(13-18)17-27-22-8-4-6-20(14-22)15-23(26)25-11-9-19(10-12-25)16-24-2/h3-8,13-14,19,24H,9-12,15-17H2,1-2H3. The predicted octanol–water partition coefficient (Wildman–Crippen LogP) is 3.57. The van der Waals surface area contributed by atoms with Crippen molar-refractivity contribution >= 4 is 5.91 Å². The highest BCUT2D eigenvalue weighted by Crippen LogP contribution is 2.19. The molecule has 27 heavy (non-hydrogen) atoms. The Morgan fingerprint density at radius 1 is 1.11 bits per heavy atom. The molecule has 3 rings (SSSR count). The lowest BCUT2D eigenvalue weighted by Crippen LogP contribution is -2.41. The van der Waals surface area contributed by atoms with Crippen molar-refractivity contribution < 1.29 is 9.53 Å². The van der Waals surface area contributed by atoms with E-state index in [0.29, 0.717) is 18.9 Å². The quantitative estimate of drug-likeness (QED) is 0.814. The average Bonchev–Trinajstić information content (AvgIpc) is 2.68. The molecule has 0 aromatic heterocycles. The number of nitrogens with one attached hydrogen (secondary N) is 1. The lowest BCUT2D eigenvalue weighted by Gasteiger charge is -2.32. The monoisotopic (exact) mass is 366 g/mol. The lowest BCUT2D eigenvalue weighted by molar-refractivity contribution is -0.131. The maximum absolute atomic E-state index is 12.6. The molecule has 1 fully saturated rings. The number of benzene rings is 2. The highest BCUT2D eigenvalue weighted by atomic mass is 16.5. The Labute approximate surface area is 162 Å². The van der Waals surface area contributed by atoms with Gasteiger partial charge in [-0.1, -0.05) is 42.0 Å². The molecule has 4 heteroatoms. The summed E-state index contributed by atoms with van der Waals surface area (Å²) in [4.78, 5) is 14.6. The van der Waals surface area contributed by atoms with Gasteiger partial charge in [-0.25, -0.2) is 0 Å². The third-order valence-corrected chi connectivity index (χ3v) is 5.20. The summed E-state index contributed by atoms with van der Waals surface area (Å²) in [6, 6.07) is 16.2. The molecule has 1 N–H and O–H groups in total. The van der Waals surface area contributed by atoms with Crippen molar-refractivity contribution in [2.75, 3.05) is 26.7 Å². The van der Waals surface area contributed by atoms with Gasteiger partial charge in [0.1, 0.15) is 12.4 Å². The number of hydrogen-bond donors (Lipinski definition) is 1. The fourth-order valence-corrected chi connectivity index (χ4v) is 3.68. The second kappa shape index (κ2) is 9.56. The molecule has 1 heterocycles. The van der Waals surface area contributed by atoms with Gasteiger partial charge in [0.15, 0.2) is 0 Å². The second-order valence-electron chi connectivity index (χ2n) is 7.48. The Morgan fingerprint density at radius 3 is 2.59 bits per heavy atom. The van der Waals surface area contributed by atoms with E-state index in [0.717, 1.165) is 49.4 Å². The molecule has 2 aromatic carbocycles. The van der Waals surface area contributed by atoms with Crippen LogP contribution >= 0.6 is 0 Å². The van der Waals surface area contributed by atoms with Crippen molar-refractivity contribution in [3.8, 4) is 5.75 Å². The topological polar surface area (TPSA) is 41.6 Å². The average molecular weight is 367 g/mol. The summed E-state index contributed by atoms with van der Waals surface area (Å²) in [6.45, 7) is 5.40. The van der Waals surface area contributed by atoms with Gasteiger partial charge in [-0.2, -0.15) is 0 Å². The Balaban J connectivity index is 1.52. The van der Waals surface area contributed by atoms with Gasteiger partial charge in [-0.3, -0.25) is 4.79 Å². The number of carbonyl (C=O) groups is 1. The molecule has 0 saturated carbocycles. The van der Waals surface area contributed by atoms with Crippen LogP contribution in [-0.4, -0.2) is 37.5 Å². The van der Waals surface area contributed by atoms with Gasteiger partial charge in [0, 0.05) is 13.1 Å². The molecule has 1 aliphatic rings. The number of rotatable bonds is 7. The van der Waals surface area contributed by atoms with Crippen molar-refractivity contribution in [1.29, 1.82) is 0 Å². The summed E-state index contributed by atoms with van der Waals surface area (Å²) in [7, 11) is 1.99. The second-order valence-corrected chi connectivity index (χ2v) is 7.48. The molecule has 2 aromatic rings. The first-order valence-electron chi connectivity index (χ1n) is 9.83. The third-order valence-electron chi connectivity index (χ3n) is 5.20. The first kappa shape index (κ1) is 19.4. The molecule has 0 radical (unpaired) electrons. The minimum Gasteiger partial charge on any atom is -0.489 e. The fourth-order valence-electron chi connectivity index (χ4n) is 3.68. The number of piperidine rings is 1. The van der Waals surface area contributed by atoms with Crippen LogP contribution in [0.15, 0.2) is 48.5 Å². The minimum atomic E-state index is 0.216. The smallest absolute Gasteiger partial charge is 0.226 e. The van der Waals surface area contributed by atoms with Gasteiger partial charge < -0.3 is 15.0 Å². The number of nitrogens with zero attached hydrogens (tertiary/aromatic N) is 1. The van der Waals surface area contributed by atoms with Crippen molar-refractivity contribution in [2.45, 2.75) is 32.8 Å². The Kier molecular flexibility index (Phi) is 6.88. The Morgan fingerprint density at radius 2 is 1.85 bits per heavy atom. The molecule has 4 nitrogen and oxygen atoms in total. The number of likely N-dealkylation sites (tertiary alicyclic amines) is 1. The van der Waals surface area contributed by atoms with Crippen molar-refractivity contribution in [3.63, 3.8) is 0 Å². The van der Waals surface area contributed by atoms with Crippen LogP contribution in [-0.2, 0) is 17.8 Å². The molecule has 1 saturated heterocycles. The van der Waals surface area contributed by atoms with Crippen LogP contribution in [0.4, 0.5) is 0 Å². The van der Waals surface area contributed by atoms with E-state index in [-0.39, 0.29) is 5.91 Å². The third kappa shape index (κ3) is 5.83. The Bertz CT molecular complexity index is 752. The molecule has 1 amide bonds. The van der Waals surface area contributed by atoms with E-state index in [9.17, 15) is 4.79 Å². The number of amides is 1. The maximum Gasteiger partial charge on any atom is 0.226 e. The molecular formula is C23H30N2O2. The first-order valence-corrected chi connectivity index (χ1v) is 9.83. The molecule has 0 aliphatic carbocycles. The number of hydrogen-bond acceptors (Lipinski definition) is 3. The summed E-state index contributed by atoms with van der Waals surface area (Å²) in [5, 5.41) is 3.24. The zero-order chi connectivity index (χ0) is 19.1. The van der Waals surface area contributed by atoms with Crippen LogP contribution in [0.5, 0.6) is 5.75 Å². The summed E-state index contributed by atoms with van der Waals surface area (Å²) < 4.78 is 5.92. The summed E-state index contributed by atoms with van der Waals surface area (Å²) in [5.41, 5.74) is 3.40. The molecule has 0 atom stereocenters. The predicted molar refractivity (Wildman–Crippen MR) is 109 cm³/mol. The van der Waals surface area contributed by atoms with E-state index in [1.165, 1.54) is 5.56 Å². The van der Waals surface area contributed by atoms with Crippen LogP contribution in [0.25, 0.3) is 0 Å². The maximum atomic E-state index is 12.6. The molecule has 0 unspecified atom stereocenters. The van der Waals surface area contributed by atoms with Gasteiger partial charge in [-0.15, -0.1) is 0 Å². The van der Waals surface area contributed by atoms with E-state index in [1.807, 2.05) is 42.3 Å². The summed E-state index contributed by atoms with van der Waals surface area (Å²) >= 11 is 0. The zero-order valence-electron chi connectivity index (χ0n) is 16.4. The molecule has 0 spiro atoms. The van der Waals surface area contributed by atoms with E-state index in [2.05, 4.69) is 30.4 Å². The fraction of sp³-hybridized carbons (Fsp3) is 0.435. The van der Waals surface area contributed by atoms with Crippen LogP contribution < -0.4 is 10.1 Å². The van der Waals surface area contributed by atoms with Gasteiger partial charge in [0.2, 0.25) is 5.91 Å². The van der Waals surface area contributed by atoms with E-state index < -0.39 is 0 Å². The Hall–Kier alpha value is -2.33. The molecular weight excluding hydrogens is 336 g/mol. The van der Waals surface area contributed by atoms with E-state index in [4.69, 9.17) is 4.74 Å². The first-order chi connectivity index (χ1) is 13.1. The zero-order valence-corrected chi connectivity index (χ0v) is 16.4. The highest BCUT2D eigenvalue weighted by molar-refractivity contribution is 5.79. The van der Waals surface area contributed by atoms with Crippen LogP contribution in [0.1, 0.15) is 29.5 Å². The van der Waals surface area contributed by atoms with Crippen molar-refractivity contribution in [3.05, 3.63) is 65.2 Å². The SMILES string of the molecule is CNCC1CCN(C(=O)Cc2cccc(OCc3cccc(C)c3)c2)CC1. The normalized spacial score (nSPS) is 15.0. The largest absolute Gasteiger partial charge is 0.489 e. The highest BCUT2D eigenvalue weighted by Gasteiger charge is 2.22. The lowest BCUT2D eigenvalue weighted by atomic mass is 9.96. The van der Waals surface area contributed by atoms with Crippen molar-refractivity contribution in [1.82, 2.24) is 10.2 Å². The summed E-state index contributed by atoms with van der Waals surface area (Å²) in [6.07, 6.45) is 2.62. The number of ether oxygens (including phenoxy) is 1. The van der Waals surface area contributed by atoms with E-state index in [1.54, 1.807) is 0 Å². The van der Waals surface area contributed by atoms with Gasteiger partial charge >= 0.3 is 0 Å². The number of carbonyl (C=O) groups excluding carboxylic acids is 1. The number of aryl methyl sites for hydroxylation is 1. The molecule has 0 bridgehead atoms. The van der Waals surface area contributed by atoms with Crippen LogP contribution in [0.3, 0.4) is 0 Å². The van der Waals surface area contributed by atoms with E-state index >= 15 is 0 Å². The molecule has 144 valence electrons.